The number of hydrogen-bond acceptors (Lipinski definition) is 33. The van der Waals surface area contributed by atoms with Crippen LogP contribution in [0.15, 0.2) is 58.0 Å². The Bertz CT molecular complexity index is 5620. The van der Waals surface area contributed by atoms with Crippen molar-refractivity contribution in [2.75, 3.05) is 61.7 Å². The topological polar surface area (TPSA) is 634 Å². The number of ether oxygens (including phenoxy) is 5. The van der Waals surface area contributed by atoms with Crippen LogP contribution in [0.2, 0.25) is 0 Å². The summed E-state index contributed by atoms with van der Waals surface area (Å²) >= 11 is 64.4. The van der Waals surface area contributed by atoms with E-state index in [1.54, 1.807) is 0 Å². The van der Waals surface area contributed by atoms with Crippen LogP contribution < -0.4 is 45.3 Å². The molecule has 20 atom stereocenters. The lowest BCUT2D eigenvalue weighted by atomic mass is 9.99. The van der Waals surface area contributed by atoms with Gasteiger partial charge in [-0.15, -0.1) is 0 Å². The van der Waals surface area contributed by atoms with Gasteiger partial charge in [0.25, 0.3) is 16.7 Å². The molecule has 5 aliphatic rings. The molecule has 5 aliphatic heterocycles. The zero-order valence-corrected chi connectivity index (χ0v) is 65.6. The van der Waals surface area contributed by atoms with Gasteiger partial charge in [0.05, 0.1) is 63.6 Å². The van der Waals surface area contributed by atoms with Crippen molar-refractivity contribution in [2.24, 2.45) is 0 Å². The number of nitrogens with zero attached hydrogens (tertiary/aromatic N) is 14. The van der Waals surface area contributed by atoms with Crippen molar-refractivity contribution in [3.8, 4) is 56.5 Å². The molecule has 41 nitrogen and oxygen atoms in total. The number of H-pyrrole nitrogens is 4. The SMILES string of the molecule is Nc1nc(=S)c2ncn([C@@H]3O[C@H](CO)[C@H](O)C3(Cl)C#CCl)c2[nH]1.Nc1nc2c(c(F)cn2[C@@H]2O[C@H](CO)[C@H](O)C2(Cl)C#CCl)c(=O)[nH]1.Nc1nc2c(ccn2[C@@H]2O[C@H](CO)[C@H](O)C2(Cl)C#CCl)c(=O)[nH]1.Nc1nc2c(ncn2[C@@H]2O[C@H](CO)[C@H](O)C2(Cl)C#CCl)c(=O)[nH]1.Nc1ncc2ncn([C@@H]3O[C@H](CO)[C@H](O)C3(Cl)C#CCl)c2n1. The van der Waals surface area contributed by atoms with E-state index in [1.807, 2.05) is 0 Å². The van der Waals surface area contributed by atoms with E-state index in [1.165, 1.54) is 55.7 Å². The molecule has 5 fully saturated rings. The zero-order valence-electron chi connectivity index (χ0n) is 57.2. The van der Waals surface area contributed by atoms with Crippen molar-refractivity contribution >= 4 is 214 Å². The summed E-state index contributed by atoms with van der Waals surface area (Å²) in [5, 5.41) is 109. The maximum atomic E-state index is 14.2. The fourth-order valence-corrected chi connectivity index (χ4v) is 15.7. The van der Waals surface area contributed by atoms with Crippen LogP contribution in [0, 0.1) is 67.0 Å². The molecule has 115 heavy (non-hydrogen) atoms. The number of nitrogens with two attached hydrogens (primary N) is 5. The first-order valence-electron chi connectivity index (χ1n) is 32.2. The predicted octanol–water partition coefficient (Wildman–Crippen LogP) is -0.926. The minimum Gasteiger partial charge on any atom is -0.394 e. The number of aliphatic hydroxyl groups is 10. The number of aromatic nitrogens is 18. The summed E-state index contributed by atoms with van der Waals surface area (Å²) in [6.07, 6.45) is -8.89. The van der Waals surface area contributed by atoms with Gasteiger partial charge >= 0.3 is 0 Å². The molecule has 0 radical (unpaired) electrons. The van der Waals surface area contributed by atoms with Crippen molar-refractivity contribution in [1.82, 2.24) is 87.6 Å². The summed E-state index contributed by atoms with van der Waals surface area (Å²) in [5.41, 5.74) is 27.9. The van der Waals surface area contributed by atoms with Crippen LogP contribution in [-0.4, -0.2) is 257 Å². The molecule has 24 N–H and O–H groups in total. The van der Waals surface area contributed by atoms with Crippen molar-refractivity contribution in [3.63, 3.8) is 0 Å². The van der Waals surface area contributed by atoms with Crippen LogP contribution in [0.5, 0.6) is 0 Å². The van der Waals surface area contributed by atoms with Crippen molar-refractivity contribution in [3.05, 3.63) is 85.2 Å². The molecule has 5 unspecified atom stereocenters. The van der Waals surface area contributed by atoms with Gasteiger partial charge in [-0.2, -0.15) is 19.9 Å². The average Bonchev–Trinajstić information content (AvgIpc) is 1.62. The van der Waals surface area contributed by atoms with E-state index in [0.29, 0.717) is 22.3 Å². The van der Waals surface area contributed by atoms with Gasteiger partial charge in [-0.3, -0.25) is 47.6 Å². The molecule has 0 aromatic carbocycles. The lowest BCUT2D eigenvalue weighted by molar-refractivity contribution is -0.0436. The minimum atomic E-state index is -1.80. The summed E-state index contributed by atoms with van der Waals surface area (Å²) in [7, 11) is 0. The van der Waals surface area contributed by atoms with Crippen molar-refractivity contribution < 1.29 is 79.1 Å². The highest BCUT2D eigenvalue weighted by Gasteiger charge is 2.61. The summed E-state index contributed by atoms with van der Waals surface area (Å²) in [4.78, 5) is 73.1. The van der Waals surface area contributed by atoms with Crippen LogP contribution >= 0.6 is 128 Å². The second-order valence-electron chi connectivity index (χ2n) is 24.8. The van der Waals surface area contributed by atoms with Crippen molar-refractivity contribution in [2.45, 2.75) is 117 Å². The Balaban J connectivity index is 0.000000142. The third-order valence-corrected chi connectivity index (χ3v) is 21.4. The molecule has 10 aromatic heterocycles. The largest absolute Gasteiger partial charge is 0.394 e. The minimum absolute atomic E-state index is 0.0163. The summed E-state index contributed by atoms with van der Waals surface area (Å²) in [5.74, 6) is 11.2. The standard InChI is InChI=1S/C13H11Cl2FN4O4.C13H12Cl2N4O4.C12H11Cl2N5O4.C12H11Cl2N5O3S.C12H11Cl2N5O3/c14-2-1-13(15)8(22)6(4-21)24-11(13)20-3-5(16)7-9(20)18-12(17)19-10(7)23;14-3-2-13(15)8(21)7(5-20)23-11(13)19-4-1-6-9(19)17-12(16)18-10(6)22;13-2-1-12(14)7(21)5(3-20)23-10(12)19-4-16-6-8(19)17-11(15)18-9(6)22;13-2-1-12(14)7(21)5(3-20)22-10(12)19-4-16-6-8(19)17-11(15)18-9(6)23;13-2-1-12(14)8(21)7(4-20)22-10(12)19-5-17-6-3-16-11(15)18-9(6)19/h3,6,8,11,21-22H,4H2,(H3,17,18,19,23);1,4,7-8,11,20-21H,5H2,(H3,16,17,18,22);4-5,7,10,20-21H,3H2,(H3,15,17,18,22);4-5,7,10,20-21H,3H2,(H3,15,17,18,23);3,5,7-8,10,20-21H,4H2,(H2,15,16,18)/t6-,8+,11-,13?;7-,8+,11-,13?;2*5-,7+,10-,12?;7-,8+,10-,12?/m11111/s1. The average molecular weight is 1820 g/mol. The smallest absolute Gasteiger partial charge is 0.280 e. The summed E-state index contributed by atoms with van der Waals surface area (Å²) in [6, 6.07) is 1.51. The predicted molar refractivity (Wildman–Crippen MR) is 415 cm³/mol. The maximum absolute atomic E-state index is 14.2. The molecule has 15 rings (SSSR count). The normalized spacial score (nSPS) is 30.4. The second kappa shape index (κ2) is 35.0. The number of aromatic amines is 4. The molecule has 0 spiro atoms. The van der Waals surface area contributed by atoms with E-state index in [2.05, 4.69) is 121 Å². The number of anilines is 5. The number of nitrogens with one attached hydrogen (secondary N) is 4. The Hall–Kier alpha value is -8.46. The highest BCUT2D eigenvalue weighted by atomic mass is 35.5. The van der Waals surface area contributed by atoms with Gasteiger partial charge in [0.1, 0.15) is 83.1 Å². The van der Waals surface area contributed by atoms with Gasteiger partial charge in [-0.05, 0) is 64.1 Å². The molecule has 610 valence electrons. The number of rotatable bonds is 10. The van der Waals surface area contributed by atoms with Crippen molar-refractivity contribution in [1.29, 1.82) is 0 Å². The quantitative estimate of drug-likeness (QED) is 0.0447. The third kappa shape index (κ3) is 15.9. The van der Waals surface area contributed by atoms with Crippen LogP contribution in [0.4, 0.5) is 34.1 Å². The number of hydrogen-bond donors (Lipinski definition) is 19. The van der Waals surface area contributed by atoms with Crippen LogP contribution in [0.25, 0.3) is 55.6 Å². The molecule has 0 amide bonds. The molecular weight excluding hydrogens is 1760 g/mol. The lowest BCUT2D eigenvalue weighted by Crippen LogP contribution is -2.41. The fourth-order valence-electron chi connectivity index (χ4n) is 12.7. The number of nitrogen functional groups attached to an aromatic ring is 5. The van der Waals surface area contributed by atoms with Gasteiger partial charge in [0.15, 0.2) is 100 Å². The number of alkyl halides is 5. The van der Waals surface area contributed by atoms with Gasteiger partial charge in [0, 0.05) is 39.3 Å². The van der Waals surface area contributed by atoms with Crippen LogP contribution in [0.1, 0.15) is 31.1 Å². The Kier molecular flexibility index (Phi) is 26.6. The molecule has 15 heterocycles. The van der Waals surface area contributed by atoms with E-state index in [-0.39, 0.29) is 67.6 Å². The summed E-state index contributed by atoms with van der Waals surface area (Å²) < 4.78 is 49.1. The second-order valence-corrected chi connectivity index (χ2v) is 29.3. The molecule has 53 heteroatoms. The van der Waals surface area contributed by atoms with Gasteiger partial charge in [-0.25, -0.2) is 29.3 Å². The number of imidazole rings is 3. The Morgan fingerprint density at radius 1 is 0.452 bits per heavy atom. The monoisotopic (exact) mass is 1810 g/mol. The van der Waals surface area contributed by atoms with Crippen LogP contribution in [-0.2, 0) is 23.7 Å². The Morgan fingerprint density at radius 2 is 0.817 bits per heavy atom. The highest BCUT2D eigenvalue weighted by molar-refractivity contribution is 7.71. The Morgan fingerprint density at radius 3 is 1.27 bits per heavy atom. The van der Waals surface area contributed by atoms with E-state index >= 15 is 0 Å². The van der Waals surface area contributed by atoms with Crippen LogP contribution in [0.3, 0.4) is 0 Å². The fraction of sp³-hybridized carbons (Fsp3) is 0.403. The van der Waals surface area contributed by atoms with Gasteiger partial charge in [0.2, 0.25) is 23.8 Å². The molecule has 10 aromatic rings. The molecule has 5 saturated heterocycles. The molecule has 0 aliphatic carbocycles. The first-order chi connectivity index (χ1) is 54.6. The number of fused-ring (bicyclic) bond motifs is 5. The first-order valence-corrected chi connectivity index (χ1v) is 36.4. The lowest BCUT2D eigenvalue weighted by Gasteiger charge is -2.25. The maximum Gasteiger partial charge on any atom is 0.280 e. The van der Waals surface area contributed by atoms with Gasteiger partial charge < -0.3 is 113 Å². The van der Waals surface area contributed by atoms with E-state index in [9.17, 15) is 69.8 Å². The summed E-state index contributed by atoms with van der Waals surface area (Å²) in [6.45, 7) is -2.39. The van der Waals surface area contributed by atoms with Gasteiger partial charge in [-0.1, -0.05) is 99.8 Å². The van der Waals surface area contributed by atoms with E-state index in [4.69, 9.17) is 181 Å². The highest BCUT2D eigenvalue weighted by Crippen LogP contribution is 2.49. The number of halogens is 11. The Labute approximate surface area is 695 Å². The first kappa shape index (κ1) is 87.4. The third-order valence-electron chi connectivity index (χ3n) is 18.1. The zero-order chi connectivity index (χ0) is 83.9. The molecule has 0 bridgehead atoms. The van der Waals surface area contributed by atoms with E-state index in [0.717, 1.165) is 10.8 Å². The van der Waals surface area contributed by atoms with E-state index < -0.39 is 172 Å². The number of aliphatic hydroxyl groups excluding tert-OH is 10. The molecular formula is C62H56Cl10FN23O18S. The molecule has 0 saturated carbocycles.